The number of fused-ring (bicyclic) bond motifs is 1. The molecular weight excluding hydrogens is 358 g/mol. The van der Waals surface area contributed by atoms with Crippen LogP contribution in [0.2, 0.25) is 0 Å². The molecule has 0 aromatic heterocycles. The molecule has 0 radical (unpaired) electrons. The van der Waals surface area contributed by atoms with E-state index in [0.29, 0.717) is 6.54 Å². The minimum atomic E-state index is 0.000337. The molecule has 3 aromatic rings. The van der Waals surface area contributed by atoms with Crippen LogP contribution in [0.25, 0.3) is 10.8 Å². The first kappa shape index (κ1) is 19.5. The summed E-state index contributed by atoms with van der Waals surface area (Å²) in [7, 11) is 0. The molecule has 4 heteroatoms. The van der Waals surface area contributed by atoms with E-state index in [4.69, 9.17) is 0 Å². The molecule has 1 atom stereocenters. The highest BCUT2D eigenvalue weighted by Crippen LogP contribution is 2.22. The van der Waals surface area contributed by atoms with Crippen LogP contribution in [0.4, 0.5) is 5.69 Å². The van der Waals surface area contributed by atoms with Gasteiger partial charge < -0.3 is 10.2 Å². The molecule has 0 unspecified atom stereocenters. The van der Waals surface area contributed by atoms with Crippen molar-refractivity contribution in [3.05, 3.63) is 77.9 Å². The molecule has 29 heavy (non-hydrogen) atoms. The number of piperazine rings is 1. The molecule has 1 fully saturated rings. The van der Waals surface area contributed by atoms with E-state index in [-0.39, 0.29) is 11.9 Å². The van der Waals surface area contributed by atoms with E-state index in [1.165, 1.54) is 22.0 Å². The monoisotopic (exact) mass is 387 g/mol. The molecule has 0 bridgehead atoms. The molecule has 1 saturated heterocycles. The highest BCUT2D eigenvalue weighted by atomic mass is 16.2. The maximum absolute atomic E-state index is 12.6. The Kier molecular flexibility index (Phi) is 5.81. The Labute approximate surface area is 173 Å². The summed E-state index contributed by atoms with van der Waals surface area (Å²) in [6, 6.07) is 23.2. The van der Waals surface area contributed by atoms with Gasteiger partial charge in [-0.15, -0.1) is 0 Å². The van der Waals surface area contributed by atoms with Crippen molar-refractivity contribution >= 4 is 22.4 Å². The Morgan fingerprint density at radius 2 is 1.62 bits per heavy atom. The van der Waals surface area contributed by atoms with E-state index in [9.17, 15) is 4.79 Å². The topological polar surface area (TPSA) is 35.6 Å². The SMILES string of the molecule is Cc1ccccc1N1CCN(CC(=O)N[C@H](C)c2ccc3ccccc3c2)CC1. The van der Waals surface area contributed by atoms with Gasteiger partial charge in [-0.25, -0.2) is 0 Å². The average Bonchev–Trinajstić information content (AvgIpc) is 2.74. The first-order valence-corrected chi connectivity index (χ1v) is 10.4. The molecule has 3 aromatic carbocycles. The molecule has 0 saturated carbocycles. The van der Waals surface area contributed by atoms with Crippen molar-refractivity contribution in [2.24, 2.45) is 0 Å². The summed E-state index contributed by atoms with van der Waals surface area (Å²) in [6.07, 6.45) is 0. The third-order valence-corrected chi connectivity index (χ3v) is 5.85. The second-order valence-corrected chi connectivity index (χ2v) is 7.95. The molecule has 4 nitrogen and oxygen atoms in total. The lowest BCUT2D eigenvalue weighted by atomic mass is 10.0. The van der Waals surface area contributed by atoms with Crippen molar-refractivity contribution in [2.45, 2.75) is 19.9 Å². The smallest absolute Gasteiger partial charge is 0.234 e. The molecule has 1 amide bonds. The third kappa shape index (κ3) is 4.60. The fourth-order valence-corrected chi connectivity index (χ4v) is 4.12. The maximum atomic E-state index is 12.6. The van der Waals surface area contributed by atoms with Gasteiger partial charge in [0.05, 0.1) is 12.6 Å². The molecule has 1 N–H and O–H groups in total. The molecule has 1 heterocycles. The number of nitrogens with one attached hydrogen (secondary N) is 1. The summed E-state index contributed by atoms with van der Waals surface area (Å²) in [5.74, 6) is 0.0926. The van der Waals surface area contributed by atoms with Crippen LogP contribution in [0.1, 0.15) is 24.1 Å². The predicted octanol–water partition coefficient (Wildman–Crippen LogP) is 4.15. The Morgan fingerprint density at radius 3 is 2.38 bits per heavy atom. The number of carbonyl (C=O) groups excluding carboxylic acids is 1. The van der Waals surface area contributed by atoms with Gasteiger partial charge in [-0.1, -0.05) is 54.6 Å². The van der Waals surface area contributed by atoms with E-state index in [1.54, 1.807) is 0 Å². The van der Waals surface area contributed by atoms with Gasteiger partial charge in [0, 0.05) is 31.9 Å². The van der Waals surface area contributed by atoms with Crippen molar-refractivity contribution in [2.75, 3.05) is 37.6 Å². The number of hydrogen-bond acceptors (Lipinski definition) is 3. The Bertz CT molecular complexity index is 992. The molecular formula is C25H29N3O. The highest BCUT2D eigenvalue weighted by Gasteiger charge is 2.20. The Balaban J connectivity index is 1.30. The summed E-state index contributed by atoms with van der Waals surface area (Å²) in [6.45, 7) is 8.40. The van der Waals surface area contributed by atoms with Gasteiger partial charge in [0.25, 0.3) is 0 Å². The van der Waals surface area contributed by atoms with Crippen molar-refractivity contribution in [1.29, 1.82) is 0 Å². The van der Waals surface area contributed by atoms with Crippen molar-refractivity contribution in [1.82, 2.24) is 10.2 Å². The highest BCUT2D eigenvalue weighted by molar-refractivity contribution is 5.83. The Hall–Kier alpha value is -2.85. The van der Waals surface area contributed by atoms with Gasteiger partial charge >= 0.3 is 0 Å². The normalized spacial score (nSPS) is 16.0. The maximum Gasteiger partial charge on any atom is 0.234 e. The van der Waals surface area contributed by atoms with Crippen LogP contribution in [0.3, 0.4) is 0 Å². The second kappa shape index (κ2) is 8.66. The lowest BCUT2D eigenvalue weighted by Gasteiger charge is -2.36. The van der Waals surface area contributed by atoms with Gasteiger partial charge in [0.1, 0.15) is 0 Å². The number of anilines is 1. The minimum absolute atomic E-state index is 0.000337. The number of amides is 1. The molecule has 150 valence electrons. The largest absolute Gasteiger partial charge is 0.369 e. The first-order valence-electron chi connectivity index (χ1n) is 10.4. The van der Waals surface area contributed by atoms with E-state index >= 15 is 0 Å². The average molecular weight is 388 g/mol. The summed E-state index contributed by atoms with van der Waals surface area (Å²) >= 11 is 0. The fraction of sp³-hybridized carbons (Fsp3) is 0.320. The lowest BCUT2D eigenvalue weighted by Crippen LogP contribution is -2.49. The standard InChI is InChI=1S/C25H29N3O/c1-19-7-3-6-10-24(19)28-15-13-27(14-16-28)18-25(29)26-20(2)22-12-11-21-8-4-5-9-23(21)17-22/h3-12,17,20H,13-16,18H2,1-2H3,(H,26,29)/t20-/m1/s1. The number of hydrogen-bond donors (Lipinski definition) is 1. The number of para-hydroxylation sites is 1. The number of aryl methyl sites for hydroxylation is 1. The minimum Gasteiger partial charge on any atom is -0.369 e. The number of rotatable bonds is 5. The zero-order valence-electron chi connectivity index (χ0n) is 17.3. The van der Waals surface area contributed by atoms with Crippen LogP contribution < -0.4 is 10.2 Å². The van der Waals surface area contributed by atoms with Gasteiger partial charge in [-0.05, 0) is 47.9 Å². The fourth-order valence-electron chi connectivity index (χ4n) is 4.12. The number of carbonyl (C=O) groups is 1. The second-order valence-electron chi connectivity index (χ2n) is 7.95. The van der Waals surface area contributed by atoms with Gasteiger partial charge in [-0.2, -0.15) is 0 Å². The Morgan fingerprint density at radius 1 is 0.931 bits per heavy atom. The van der Waals surface area contributed by atoms with Gasteiger partial charge in [0.2, 0.25) is 5.91 Å². The van der Waals surface area contributed by atoms with Crippen LogP contribution in [0, 0.1) is 6.92 Å². The zero-order valence-corrected chi connectivity index (χ0v) is 17.3. The summed E-state index contributed by atoms with van der Waals surface area (Å²) in [4.78, 5) is 17.3. The molecule has 0 spiro atoms. The number of benzene rings is 3. The zero-order chi connectivity index (χ0) is 20.2. The van der Waals surface area contributed by atoms with E-state index in [2.05, 4.69) is 83.6 Å². The van der Waals surface area contributed by atoms with E-state index in [1.807, 2.05) is 12.1 Å². The van der Waals surface area contributed by atoms with Crippen LogP contribution in [-0.2, 0) is 4.79 Å². The van der Waals surface area contributed by atoms with Gasteiger partial charge in [0.15, 0.2) is 0 Å². The third-order valence-electron chi connectivity index (χ3n) is 5.85. The van der Waals surface area contributed by atoms with E-state index < -0.39 is 0 Å². The molecule has 1 aliphatic rings. The van der Waals surface area contributed by atoms with Crippen LogP contribution in [-0.4, -0.2) is 43.5 Å². The summed E-state index contributed by atoms with van der Waals surface area (Å²) in [5.41, 5.74) is 3.76. The molecule has 0 aliphatic carbocycles. The van der Waals surface area contributed by atoms with Crippen LogP contribution >= 0.6 is 0 Å². The van der Waals surface area contributed by atoms with E-state index in [0.717, 1.165) is 31.7 Å². The summed E-state index contributed by atoms with van der Waals surface area (Å²) in [5, 5.41) is 5.60. The number of nitrogens with zero attached hydrogens (tertiary/aromatic N) is 2. The van der Waals surface area contributed by atoms with Crippen molar-refractivity contribution in [3.63, 3.8) is 0 Å². The molecule has 1 aliphatic heterocycles. The van der Waals surface area contributed by atoms with Crippen molar-refractivity contribution < 1.29 is 4.79 Å². The van der Waals surface area contributed by atoms with Gasteiger partial charge in [-0.3, -0.25) is 9.69 Å². The predicted molar refractivity (Wildman–Crippen MR) is 120 cm³/mol. The summed E-state index contributed by atoms with van der Waals surface area (Å²) < 4.78 is 0. The van der Waals surface area contributed by atoms with Crippen LogP contribution in [0.15, 0.2) is 66.7 Å². The quantitative estimate of drug-likeness (QED) is 0.714. The first-order chi connectivity index (χ1) is 14.1. The lowest BCUT2D eigenvalue weighted by molar-refractivity contribution is -0.123. The molecule has 4 rings (SSSR count). The van der Waals surface area contributed by atoms with Crippen LogP contribution in [0.5, 0.6) is 0 Å². The van der Waals surface area contributed by atoms with Crippen molar-refractivity contribution in [3.8, 4) is 0 Å².